The molecule has 0 amide bonds. The smallest absolute Gasteiger partial charge is 0.414 e. The molecule has 0 unspecified atom stereocenters. The average molecular weight is 286 g/mol. The van der Waals surface area contributed by atoms with Crippen molar-refractivity contribution in [2.75, 3.05) is 18.5 Å². The second kappa shape index (κ2) is 8.65. The van der Waals surface area contributed by atoms with Gasteiger partial charge in [-0.2, -0.15) is 0 Å². The number of hydrogen-bond acceptors (Lipinski definition) is 2. The van der Waals surface area contributed by atoms with Crippen LogP contribution in [-0.4, -0.2) is 40.6 Å². The Balaban J connectivity index is 0.000000459. The summed E-state index contributed by atoms with van der Waals surface area (Å²) in [6.07, 6.45) is 4.14. The van der Waals surface area contributed by atoms with Crippen LogP contribution in [-0.2, 0) is 9.59 Å². The number of rotatable bonds is 4. The van der Waals surface area contributed by atoms with Gasteiger partial charge in [0.1, 0.15) is 0 Å². The van der Waals surface area contributed by atoms with E-state index in [2.05, 4.69) is 51.1 Å². The SMILES string of the molecule is CC[PH](CC)(CC)c1ccccc1.O=C(O)C(=O)O. The first-order chi connectivity index (χ1) is 8.93. The molecule has 0 aromatic heterocycles. The van der Waals surface area contributed by atoms with E-state index in [4.69, 9.17) is 19.8 Å². The molecule has 0 atom stereocenters. The third-order valence-corrected chi connectivity index (χ3v) is 9.22. The zero-order valence-electron chi connectivity index (χ0n) is 11.7. The molecule has 0 saturated carbocycles. The average Bonchev–Trinajstić information content (AvgIpc) is 2.43. The van der Waals surface area contributed by atoms with E-state index in [1.807, 2.05) is 0 Å². The summed E-state index contributed by atoms with van der Waals surface area (Å²) in [7, 11) is -1.09. The topological polar surface area (TPSA) is 74.6 Å². The summed E-state index contributed by atoms with van der Waals surface area (Å²) in [6.45, 7) is 7.06. The van der Waals surface area contributed by atoms with Gasteiger partial charge in [-0.15, -0.1) is 0 Å². The van der Waals surface area contributed by atoms with E-state index >= 15 is 0 Å². The minimum atomic E-state index is -1.82. The van der Waals surface area contributed by atoms with E-state index in [0.29, 0.717) is 0 Å². The molecule has 0 spiro atoms. The minimum absolute atomic E-state index is 1.09. The Labute approximate surface area is 114 Å². The molecule has 0 bridgehead atoms. The standard InChI is InChI=1S/C12H21P.C2H2O4/c1-4-13(5-2,6-3)12-10-8-7-9-11-12;3-1(4)2(5)6/h7-11,13H,4-6H2,1-3H3;(H,3,4)(H,5,6). The molecule has 0 saturated heterocycles. The second-order valence-electron chi connectivity index (χ2n) is 4.32. The van der Waals surface area contributed by atoms with Crippen LogP contribution in [0.1, 0.15) is 20.8 Å². The molecule has 1 aromatic carbocycles. The van der Waals surface area contributed by atoms with E-state index in [9.17, 15) is 0 Å². The maximum atomic E-state index is 9.10. The first-order valence-electron chi connectivity index (χ1n) is 6.45. The van der Waals surface area contributed by atoms with Crippen molar-refractivity contribution in [2.45, 2.75) is 20.8 Å². The van der Waals surface area contributed by atoms with Crippen LogP contribution in [0.4, 0.5) is 0 Å². The first-order valence-corrected chi connectivity index (χ1v) is 9.07. The van der Waals surface area contributed by atoms with Gasteiger partial charge in [0.05, 0.1) is 0 Å². The van der Waals surface area contributed by atoms with Crippen molar-refractivity contribution in [2.24, 2.45) is 0 Å². The summed E-state index contributed by atoms with van der Waals surface area (Å²) in [5.74, 6) is -3.65. The fourth-order valence-corrected chi connectivity index (χ4v) is 5.78. The molecule has 4 nitrogen and oxygen atoms in total. The first kappa shape index (κ1) is 17.6. The van der Waals surface area contributed by atoms with Gasteiger partial charge in [-0.05, 0) is 0 Å². The van der Waals surface area contributed by atoms with E-state index < -0.39 is 19.2 Å². The molecule has 1 aromatic rings. The molecular weight excluding hydrogens is 263 g/mol. The number of benzene rings is 1. The van der Waals surface area contributed by atoms with Gasteiger partial charge in [0.25, 0.3) is 0 Å². The van der Waals surface area contributed by atoms with Crippen LogP contribution < -0.4 is 5.30 Å². The monoisotopic (exact) mass is 286 g/mol. The molecule has 5 heteroatoms. The molecule has 0 aliphatic heterocycles. The minimum Gasteiger partial charge on any atom is -0.473 e. The summed E-state index contributed by atoms with van der Waals surface area (Å²) in [4.78, 5) is 18.2. The van der Waals surface area contributed by atoms with Gasteiger partial charge < -0.3 is 10.2 Å². The maximum Gasteiger partial charge on any atom is 0.414 e. The van der Waals surface area contributed by atoms with Crippen molar-refractivity contribution in [1.29, 1.82) is 0 Å². The van der Waals surface area contributed by atoms with Gasteiger partial charge in [-0.1, -0.05) is 0 Å². The zero-order chi connectivity index (χ0) is 14.9. The second-order valence-corrected chi connectivity index (χ2v) is 9.58. The molecule has 0 radical (unpaired) electrons. The molecule has 19 heavy (non-hydrogen) atoms. The number of carboxylic acid groups (broad SMARTS) is 2. The third-order valence-electron chi connectivity index (χ3n) is 3.60. The molecule has 2 N–H and O–H groups in total. The molecule has 1 rings (SSSR count). The summed E-state index contributed by atoms with van der Waals surface area (Å²) in [6, 6.07) is 11.1. The summed E-state index contributed by atoms with van der Waals surface area (Å²) < 4.78 is 0. The normalized spacial score (nSPS) is 11.1. The summed E-state index contributed by atoms with van der Waals surface area (Å²) in [5.41, 5.74) is 0. The van der Waals surface area contributed by atoms with Crippen LogP contribution >= 0.6 is 7.26 Å². The van der Waals surface area contributed by atoms with Gasteiger partial charge in [0.2, 0.25) is 0 Å². The van der Waals surface area contributed by atoms with Gasteiger partial charge in [-0.25, -0.2) is 9.59 Å². The van der Waals surface area contributed by atoms with Gasteiger partial charge in [0, 0.05) is 0 Å². The van der Waals surface area contributed by atoms with Crippen LogP contribution in [0.15, 0.2) is 30.3 Å². The van der Waals surface area contributed by atoms with Crippen molar-refractivity contribution in [3.05, 3.63) is 30.3 Å². The number of aliphatic carboxylic acids is 2. The van der Waals surface area contributed by atoms with Gasteiger partial charge >= 0.3 is 94.1 Å². The van der Waals surface area contributed by atoms with Crippen molar-refractivity contribution in [1.82, 2.24) is 0 Å². The Bertz CT molecular complexity index is 379. The van der Waals surface area contributed by atoms with Crippen molar-refractivity contribution in [3.63, 3.8) is 0 Å². The molecule has 0 aliphatic rings. The molecule has 0 heterocycles. The van der Waals surface area contributed by atoms with E-state index in [1.165, 1.54) is 18.5 Å². The molecule has 0 fully saturated rings. The Kier molecular flexibility index (Phi) is 8.01. The Morgan fingerprint density at radius 2 is 1.26 bits per heavy atom. The fraction of sp³-hybridized carbons (Fsp3) is 0.429. The summed E-state index contributed by atoms with van der Waals surface area (Å²) >= 11 is 0. The largest absolute Gasteiger partial charge is 0.473 e. The van der Waals surface area contributed by atoms with E-state index in [0.717, 1.165) is 0 Å². The number of carboxylic acids is 2. The number of hydrogen-bond donors (Lipinski definition) is 2. The summed E-state index contributed by atoms with van der Waals surface area (Å²) in [5, 5.41) is 16.4. The van der Waals surface area contributed by atoms with Crippen molar-refractivity contribution >= 4 is 24.5 Å². The molecule has 0 aliphatic carbocycles. The van der Waals surface area contributed by atoms with Crippen molar-refractivity contribution < 1.29 is 19.8 Å². The number of carbonyl (C=O) groups is 2. The Hall–Kier alpha value is -1.41. The third kappa shape index (κ3) is 5.39. The Morgan fingerprint density at radius 3 is 1.53 bits per heavy atom. The van der Waals surface area contributed by atoms with Crippen LogP contribution in [0.5, 0.6) is 0 Å². The van der Waals surface area contributed by atoms with Crippen molar-refractivity contribution in [3.8, 4) is 0 Å². The molecular formula is C14H23O4P. The molecule has 108 valence electrons. The quantitative estimate of drug-likeness (QED) is 0.657. The van der Waals surface area contributed by atoms with Gasteiger partial charge in [0.15, 0.2) is 0 Å². The fourth-order valence-electron chi connectivity index (χ4n) is 2.15. The van der Waals surface area contributed by atoms with E-state index in [1.54, 1.807) is 5.30 Å². The Morgan fingerprint density at radius 1 is 0.895 bits per heavy atom. The van der Waals surface area contributed by atoms with Crippen LogP contribution in [0.3, 0.4) is 0 Å². The predicted molar refractivity (Wildman–Crippen MR) is 81.3 cm³/mol. The van der Waals surface area contributed by atoms with Gasteiger partial charge in [-0.3, -0.25) is 0 Å². The zero-order valence-corrected chi connectivity index (χ0v) is 12.7. The van der Waals surface area contributed by atoms with Crippen LogP contribution in [0, 0.1) is 0 Å². The van der Waals surface area contributed by atoms with Crippen LogP contribution in [0.2, 0.25) is 0 Å². The predicted octanol–water partition coefficient (Wildman–Crippen LogP) is 2.28. The van der Waals surface area contributed by atoms with E-state index in [-0.39, 0.29) is 0 Å². The van der Waals surface area contributed by atoms with Crippen LogP contribution in [0.25, 0.3) is 0 Å². The maximum absolute atomic E-state index is 9.10.